The molecule has 1 heterocycles. The van der Waals surface area contributed by atoms with Crippen molar-refractivity contribution in [2.24, 2.45) is 0 Å². The van der Waals surface area contributed by atoms with Gasteiger partial charge in [0, 0.05) is 26.2 Å². The van der Waals surface area contributed by atoms with Crippen LogP contribution in [0.25, 0.3) is 0 Å². The second-order valence-corrected chi connectivity index (χ2v) is 4.63. The van der Waals surface area contributed by atoms with Gasteiger partial charge in [-0.3, -0.25) is 4.90 Å². The molecule has 0 saturated carbocycles. The molecule has 0 unspecified atom stereocenters. The molecular weight excluding hydrogens is 215 g/mol. The van der Waals surface area contributed by atoms with E-state index in [0.717, 1.165) is 31.9 Å². The van der Waals surface area contributed by atoms with E-state index in [0.29, 0.717) is 0 Å². The molecule has 1 aliphatic rings. The molecular formula is C14H21FN2. The maximum absolute atomic E-state index is 13.6. The molecule has 2 rings (SSSR count). The minimum Gasteiger partial charge on any atom is -0.367 e. The van der Waals surface area contributed by atoms with E-state index in [-0.39, 0.29) is 5.82 Å². The lowest BCUT2D eigenvalue weighted by Crippen LogP contribution is -2.46. The molecule has 0 N–H and O–H groups in total. The molecule has 1 aliphatic heterocycles. The smallest absolute Gasteiger partial charge is 0.146 e. The summed E-state index contributed by atoms with van der Waals surface area (Å²) in [6.07, 6.45) is 2.51. The summed E-state index contributed by atoms with van der Waals surface area (Å²) in [7, 11) is 0. The van der Waals surface area contributed by atoms with Crippen LogP contribution in [0.3, 0.4) is 0 Å². The number of benzene rings is 1. The van der Waals surface area contributed by atoms with Crippen molar-refractivity contribution in [3.8, 4) is 0 Å². The largest absolute Gasteiger partial charge is 0.367 e. The fourth-order valence-electron chi connectivity index (χ4n) is 2.30. The first-order valence-corrected chi connectivity index (χ1v) is 6.53. The van der Waals surface area contributed by atoms with Gasteiger partial charge < -0.3 is 4.90 Å². The number of hydrogen-bond acceptors (Lipinski definition) is 2. The second-order valence-electron chi connectivity index (χ2n) is 4.63. The van der Waals surface area contributed by atoms with Crippen LogP contribution in [0.5, 0.6) is 0 Å². The van der Waals surface area contributed by atoms with Gasteiger partial charge in [0.2, 0.25) is 0 Å². The summed E-state index contributed by atoms with van der Waals surface area (Å²) in [5.74, 6) is -0.102. The highest BCUT2D eigenvalue weighted by atomic mass is 19.1. The summed E-state index contributed by atoms with van der Waals surface area (Å²) in [5, 5.41) is 0. The average molecular weight is 236 g/mol. The van der Waals surface area contributed by atoms with Crippen molar-refractivity contribution >= 4 is 5.69 Å². The van der Waals surface area contributed by atoms with Crippen LogP contribution in [-0.2, 0) is 0 Å². The Hall–Kier alpha value is -1.09. The highest BCUT2D eigenvalue weighted by Gasteiger charge is 2.18. The fraction of sp³-hybridized carbons (Fsp3) is 0.571. The first-order valence-electron chi connectivity index (χ1n) is 6.53. The molecule has 1 saturated heterocycles. The summed E-state index contributed by atoms with van der Waals surface area (Å²) in [6, 6.07) is 7.06. The van der Waals surface area contributed by atoms with Gasteiger partial charge in [-0.25, -0.2) is 4.39 Å². The van der Waals surface area contributed by atoms with Gasteiger partial charge in [-0.05, 0) is 25.1 Å². The highest BCUT2D eigenvalue weighted by Crippen LogP contribution is 2.20. The number of hydrogen-bond donors (Lipinski definition) is 0. The zero-order valence-electron chi connectivity index (χ0n) is 10.5. The van der Waals surface area contributed by atoms with E-state index < -0.39 is 0 Å². The van der Waals surface area contributed by atoms with Crippen molar-refractivity contribution in [2.45, 2.75) is 19.8 Å². The molecule has 17 heavy (non-hydrogen) atoms. The van der Waals surface area contributed by atoms with Crippen molar-refractivity contribution in [2.75, 3.05) is 37.6 Å². The quantitative estimate of drug-likeness (QED) is 0.793. The zero-order valence-corrected chi connectivity index (χ0v) is 10.5. The minimum absolute atomic E-state index is 0.102. The number of unbranched alkanes of at least 4 members (excludes halogenated alkanes) is 1. The van der Waals surface area contributed by atoms with Gasteiger partial charge >= 0.3 is 0 Å². The number of para-hydroxylation sites is 1. The minimum atomic E-state index is -0.102. The van der Waals surface area contributed by atoms with Gasteiger partial charge in [0.15, 0.2) is 0 Å². The molecule has 2 nitrogen and oxygen atoms in total. The predicted octanol–water partition coefficient (Wildman–Crippen LogP) is 2.75. The zero-order chi connectivity index (χ0) is 12.1. The topological polar surface area (TPSA) is 6.48 Å². The SMILES string of the molecule is CCCCN1CCN(c2ccccc2F)CC1. The third kappa shape index (κ3) is 3.19. The van der Waals surface area contributed by atoms with E-state index in [1.807, 2.05) is 12.1 Å². The van der Waals surface area contributed by atoms with E-state index in [2.05, 4.69) is 16.7 Å². The maximum atomic E-state index is 13.6. The van der Waals surface area contributed by atoms with E-state index in [1.54, 1.807) is 12.1 Å². The van der Waals surface area contributed by atoms with Crippen molar-refractivity contribution in [3.63, 3.8) is 0 Å². The number of anilines is 1. The monoisotopic (exact) mass is 236 g/mol. The van der Waals surface area contributed by atoms with E-state index in [9.17, 15) is 4.39 Å². The first-order chi connectivity index (χ1) is 8.31. The lowest BCUT2D eigenvalue weighted by Gasteiger charge is -2.36. The molecule has 1 fully saturated rings. The van der Waals surface area contributed by atoms with Gasteiger partial charge in [-0.2, -0.15) is 0 Å². The third-order valence-corrected chi connectivity index (χ3v) is 3.39. The molecule has 0 aliphatic carbocycles. The standard InChI is InChI=1S/C14H21FN2/c1-2-3-8-16-9-11-17(12-10-16)14-7-5-4-6-13(14)15/h4-7H,2-3,8-12H2,1H3. The van der Waals surface area contributed by atoms with Gasteiger partial charge in [0.05, 0.1) is 5.69 Å². The van der Waals surface area contributed by atoms with E-state index in [4.69, 9.17) is 0 Å². The van der Waals surface area contributed by atoms with Crippen molar-refractivity contribution < 1.29 is 4.39 Å². The van der Waals surface area contributed by atoms with Crippen LogP contribution in [-0.4, -0.2) is 37.6 Å². The van der Waals surface area contributed by atoms with Crippen molar-refractivity contribution in [1.29, 1.82) is 0 Å². The summed E-state index contributed by atoms with van der Waals surface area (Å²) < 4.78 is 13.6. The number of halogens is 1. The van der Waals surface area contributed by atoms with Gasteiger partial charge in [-0.1, -0.05) is 25.5 Å². The summed E-state index contributed by atoms with van der Waals surface area (Å²) >= 11 is 0. The molecule has 0 amide bonds. The molecule has 3 heteroatoms. The normalized spacial score (nSPS) is 17.4. The Bertz CT molecular complexity index is 346. The number of piperazine rings is 1. The Morgan fingerprint density at radius 1 is 1.12 bits per heavy atom. The van der Waals surface area contributed by atoms with Crippen LogP contribution < -0.4 is 4.90 Å². The van der Waals surface area contributed by atoms with Crippen LogP contribution in [0.1, 0.15) is 19.8 Å². The molecule has 1 aromatic carbocycles. The lowest BCUT2D eigenvalue weighted by molar-refractivity contribution is 0.253. The highest BCUT2D eigenvalue weighted by molar-refractivity contribution is 5.47. The van der Waals surface area contributed by atoms with Crippen LogP contribution in [0.2, 0.25) is 0 Å². The summed E-state index contributed by atoms with van der Waals surface area (Å²) in [5.41, 5.74) is 0.752. The van der Waals surface area contributed by atoms with Gasteiger partial charge in [-0.15, -0.1) is 0 Å². The Morgan fingerprint density at radius 3 is 2.47 bits per heavy atom. The lowest BCUT2D eigenvalue weighted by atomic mass is 10.2. The van der Waals surface area contributed by atoms with Crippen LogP contribution in [0.15, 0.2) is 24.3 Å². The van der Waals surface area contributed by atoms with Crippen molar-refractivity contribution in [1.82, 2.24) is 4.90 Å². The number of rotatable bonds is 4. The molecule has 0 aromatic heterocycles. The first kappa shape index (κ1) is 12.4. The predicted molar refractivity (Wildman–Crippen MR) is 70.0 cm³/mol. The second kappa shape index (κ2) is 6.01. The van der Waals surface area contributed by atoms with E-state index >= 15 is 0 Å². The number of nitrogens with zero attached hydrogens (tertiary/aromatic N) is 2. The maximum Gasteiger partial charge on any atom is 0.146 e. The van der Waals surface area contributed by atoms with Gasteiger partial charge in [0.25, 0.3) is 0 Å². The molecule has 0 radical (unpaired) electrons. The van der Waals surface area contributed by atoms with Gasteiger partial charge in [0.1, 0.15) is 5.82 Å². The third-order valence-electron chi connectivity index (χ3n) is 3.39. The molecule has 1 aromatic rings. The molecule has 0 spiro atoms. The molecule has 0 bridgehead atoms. The Morgan fingerprint density at radius 2 is 1.82 bits per heavy atom. The Balaban J connectivity index is 1.89. The molecule has 94 valence electrons. The Kier molecular flexibility index (Phi) is 4.37. The summed E-state index contributed by atoms with van der Waals surface area (Å²) in [6.45, 7) is 7.37. The van der Waals surface area contributed by atoms with Crippen LogP contribution in [0.4, 0.5) is 10.1 Å². The van der Waals surface area contributed by atoms with E-state index in [1.165, 1.54) is 19.4 Å². The van der Waals surface area contributed by atoms with Crippen LogP contribution in [0, 0.1) is 5.82 Å². The van der Waals surface area contributed by atoms with Crippen LogP contribution >= 0.6 is 0 Å². The fourth-order valence-corrected chi connectivity index (χ4v) is 2.30. The summed E-state index contributed by atoms with van der Waals surface area (Å²) in [4.78, 5) is 4.62. The average Bonchev–Trinajstić information content (AvgIpc) is 2.38. The Labute approximate surface area is 103 Å². The molecule has 0 atom stereocenters. The van der Waals surface area contributed by atoms with Crippen molar-refractivity contribution in [3.05, 3.63) is 30.1 Å².